The molecular weight excluding hydrogens is 397 g/mol. The first-order chi connectivity index (χ1) is 13.5. The van der Waals surface area contributed by atoms with E-state index in [0.29, 0.717) is 5.69 Å². The number of hydrogen-bond donors (Lipinski definition) is 1. The number of halogens is 2. The zero-order valence-corrected chi connectivity index (χ0v) is 15.9. The maximum absolute atomic E-state index is 13.2. The number of hydrogen-bond acceptors (Lipinski definition) is 2. The van der Waals surface area contributed by atoms with E-state index in [0.717, 1.165) is 16.6 Å². The first kappa shape index (κ1) is 18.3. The minimum absolute atomic E-state index is 0.200. The van der Waals surface area contributed by atoms with Crippen LogP contribution in [0.1, 0.15) is 26.4 Å². The van der Waals surface area contributed by atoms with Gasteiger partial charge in [-0.25, -0.2) is 4.79 Å². The number of aromatic carboxylic acids is 1. The maximum Gasteiger partial charge on any atom is 0.335 e. The third kappa shape index (κ3) is 3.07. The maximum atomic E-state index is 13.2. The van der Waals surface area contributed by atoms with Crippen LogP contribution in [-0.2, 0) is 0 Å². The van der Waals surface area contributed by atoms with Gasteiger partial charge in [-0.05, 0) is 48.0 Å². The van der Waals surface area contributed by atoms with Crippen molar-refractivity contribution >= 4 is 40.5 Å². The molecule has 0 aliphatic rings. The molecule has 0 aliphatic heterocycles. The van der Waals surface area contributed by atoms with Crippen LogP contribution < -0.4 is 0 Å². The number of ketones is 1. The van der Waals surface area contributed by atoms with Gasteiger partial charge in [0, 0.05) is 11.8 Å². The number of carbonyl (C=O) groups is 2. The van der Waals surface area contributed by atoms with E-state index in [4.69, 9.17) is 28.3 Å². The third-order valence-corrected chi connectivity index (χ3v) is 5.17. The molecule has 4 rings (SSSR count). The minimum Gasteiger partial charge on any atom is -0.478 e. The van der Waals surface area contributed by atoms with Gasteiger partial charge in [0.25, 0.3) is 0 Å². The first-order valence-electron chi connectivity index (χ1n) is 8.40. The number of fused-ring (bicyclic) bond motifs is 1. The lowest BCUT2D eigenvalue weighted by atomic mass is 10.0. The fourth-order valence-electron chi connectivity index (χ4n) is 3.19. The molecule has 0 aliphatic carbocycles. The monoisotopic (exact) mass is 409 g/mol. The van der Waals surface area contributed by atoms with Crippen LogP contribution in [-0.4, -0.2) is 21.3 Å². The predicted octanol–water partition coefficient (Wildman–Crippen LogP) is 5.84. The minimum atomic E-state index is -0.988. The Morgan fingerprint density at radius 3 is 2.18 bits per heavy atom. The van der Waals surface area contributed by atoms with Crippen LogP contribution in [0.3, 0.4) is 0 Å². The zero-order chi connectivity index (χ0) is 19.8. The van der Waals surface area contributed by atoms with Crippen molar-refractivity contribution in [3.05, 3.63) is 99.8 Å². The summed E-state index contributed by atoms with van der Waals surface area (Å²) in [5.41, 5.74) is 3.30. The summed E-state index contributed by atoms with van der Waals surface area (Å²) in [7, 11) is 0. The van der Waals surface area contributed by atoms with Gasteiger partial charge in [0.2, 0.25) is 5.78 Å². The number of aromatic nitrogens is 1. The number of carboxylic acids is 1. The second kappa shape index (κ2) is 7.15. The van der Waals surface area contributed by atoms with Gasteiger partial charge in [0.1, 0.15) is 0 Å². The van der Waals surface area contributed by atoms with E-state index in [1.807, 2.05) is 18.2 Å². The average Bonchev–Trinajstić information content (AvgIpc) is 3.07. The molecule has 6 heteroatoms. The molecule has 2 heterocycles. The standard InChI is InChI=1S/C22H13Cl2NO3/c23-16-4-3-5-17(24)20(16)21(26)19-12-15(18-6-1-2-11-25(18)19)13-7-9-14(10-8-13)22(27)28/h1-12H,(H,27,28). The molecule has 28 heavy (non-hydrogen) atoms. The molecule has 4 aromatic rings. The molecule has 0 fully saturated rings. The lowest BCUT2D eigenvalue weighted by Gasteiger charge is -2.06. The van der Waals surface area contributed by atoms with Crippen LogP contribution in [0.15, 0.2) is 72.9 Å². The normalized spacial score (nSPS) is 10.9. The van der Waals surface area contributed by atoms with Gasteiger partial charge in [-0.15, -0.1) is 0 Å². The highest BCUT2D eigenvalue weighted by molar-refractivity contribution is 6.41. The van der Waals surface area contributed by atoms with Crippen molar-refractivity contribution < 1.29 is 14.7 Å². The van der Waals surface area contributed by atoms with Crippen LogP contribution in [0.5, 0.6) is 0 Å². The predicted molar refractivity (Wildman–Crippen MR) is 110 cm³/mol. The second-order valence-corrected chi connectivity index (χ2v) is 7.02. The highest BCUT2D eigenvalue weighted by atomic mass is 35.5. The molecule has 0 amide bonds. The highest BCUT2D eigenvalue weighted by Crippen LogP contribution is 2.32. The first-order valence-corrected chi connectivity index (χ1v) is 9.15. The van der Waals surface area contributed by atoms with E-state index in [2.05, 4.69) is 0 Å². The molecule has 138 valence electrons. The summed E-state index contributed by atoms with van der Waals surface area (Å²) in [5, 5.41) is 9.67. The molecule has 0 bridgehead atoms. The smallest absolute Gasteiger partial charge is 0.335 e. The van der Waals surface area contributed by atoms with Crippen LogP contribution in [0.2, 0.25) is 10.0 Å². The number of nitrogens with zero attached hydrogens (tertiary/aromatic N) is 1. The van der Waals surface area contributed by atoms with E-state index in [-0.39, 0.29) is 27.0 Å². The Balaban J connectivity index is 1.90. The average molecular weight is 410 g/mol. The largest absolute Gasteiger partial charge is 0.478 e. The van der Waals surface area contributed by atoms with Crippen molar-refractivity contribution in [1.29, 1.82) is 0 Å². The Morgan fingerprint density at radius 2 is 1.54 bits per heavy atom. The lowest BCUT2D eigenvalue weighted by molar-refractivity contribution is 0.0696. The summed E-state index contributed by atoms with van der Waals surface area (Å²) in [6, 6.07) is 18.8. The van der Waals surface area contributed by atoms with E-state index in [1.165, 1.54) is 12.1 Å². The van der Waals surface area contributed by atoms with Gasteiger partial charge in [-0.3, -0.25) is 4.79 Å². The second-order valence-electron chi connectivity index (χ2n) is 6.21. The number of carboxylic acid groups (broad SMARTS) is 1. The summed E-state index contributed by atoms with van der Waals surface area (Å²) >= 11 is 12.5. The molecule has 0 atom stereocenters. The number of benzene rings is 2. The SMILES string of the molecule is O=C(O)c1ccc(-c2cc(C(=O)c3c(Cl)cccc3Cl)n3ccccc23)cc1. The van der Waals surface area contributed by atoms with Gasteiger partial charge in [0.05, 0.1) is 32.4 Å². The molecule has 2 aromatic heterocycles. The number of carbonyl (C=O) groups excluding carboxylic acids is 1. The molecule has 0 radical (unpaired) electrons. The Bertz CT molecular complexity index is 1210. The van der Waals surface area contributed by atoms with Crippen LogP contribution >= 0.6 is 23.2 Å². The van der Waals surface area contributed by atoms with E-state index >= 15 is 0 Å². The van der Waals surface area contributed by atoms with Crippen molar-refractivity contribution in [2.24, 2.45) is 0 Å². The van der Waals surface area contributed by atoms with Gasteiger partial charge in [0.15, 0.2) is 0 Å². The molecule has 1 N–H and O–H groups in total. The molecule has 4 nitrogen and oxygen atoms in total. The number of rotatable bonds is 4. The van der Waals surface area contributed by atoms with E-state index in [1.54, 1.807) is 47.0 Å². The fourth-order valence-corrected chi connectivity index (χ4v) is 3.76. The van der Waals surface area contributed by atoms with Gasteiger partial charge < -0.3 is 9.51 Å². The lowest BCUT2D eigenvalue weighted by Crippen LogP contribution is -2.06. The Kier molecular flexibility index (Phi) is 4.67. The fraction of sp³-hybridized carbons (Fsp3) is 0. The molecule has 2 aromatic carbocycles. The molecule has 0 saturated heterocycles. The van der Waals surface area contributed by atoms with Crippen LogP contribution in [0.25, 0.3) is 16.6 Å². The molecular formula is C22H13Cl2NO3. The van der Waals surface area contributed by atoms with Crippen LogP contribution in [0, 0.1) is 0 Å². The van der Waals surface area contributed by atoms with Crippen molar-refractivity contribution in [1.82, 2.24) is 4.40 Å². The third-order valence-electron chi connectivity index (χ3n) is 4.54. The Hall–Kier alpha value is -3.08. The summed E-state index contributed by atoms with van der Waals surface area (Å²) in [6.07, 6.45) is 1.79. The van der Waals surface area contributed by atoms with Gasteiger partial charge >= 0.3 is 5.97 Å². The Labute approximate surface area is 170 Å². The Morgan fingerprint density at radius 1 is 0.857 bits per heavy atom. The van der Waals surface area contributed by atoms with Gasteiger partial charge in [-0.1, -0.05) is 47.5 Å². The molecule has 0 saturated carbocycles. The number of pyridine rings is 1. The summed E-state index contributed by atoms with van der Waals surface area (Å²) in [6.45, 7) is 0. The van der Waals surface area contributed by atoms with E-state index < -0.39 is 5.97 Å². The topological polar surface area (TPSA) is 58.8 Å². The summed E-state index contributed by atoms with van der Waals surface area (Å²) in [5.74, 6) is -1.28. The summed E-state index contributed by atoms with van der Waals surface area (Å²) < 4.78 is 1.78. The summed E-state index contributed by atoms with van der Waals surface area (Å²) in [4.78, 5) is 24.3. The van der Waals surface area contributed by atoms with Crippen molar-refractivity contribution in [3.8, 4) is 11.1 Å². The van der Waals surface area contributed by atoms with Crippen LogP contribution in [0.4, 0.5) is 0 Å². The highest BCUT2D eigenvalue weighted by Gasteiger charge is 2.22. The van der Waals surface area contributed by atoms with Crippen molar-refractivity contribution in [2.75, 3.05) is 0 Å². The van der Waals surface area contributed by atoms with E-state index in [9.17, 15) is 9.59 Å². The molecule has 0 spiro atoms. The van der Waals surface area contributed by atoms with Crippen molar-refractivity contribution in [2.45, 2.75) is 0 Å². The molecule has 0 unspecified atom stereocenters. The zero-order valence-electron chi connectivity index (χ0n) is 14.4. The van der Waals surface area contributed by atoms with Crippen molar-refractivity contribution in [3.63, 3.8) is 0 Å². The van der Waals surface area contributed by atoms with Gasteiger partial charge in [-0.2, -0.15) is 0 Å². The quantitative estimate of drug-likeness (QED) is 0.430.